The molecule has 76 valence electrons. The molecule has 0 fully saturated rings. The Hall–Kier alpha value is -0.830. The van der Waals surface area contributed by atoms with Crippen molar-refractivity contribution >= 4 is 5.91 Å². The van der Waals surface area contributed by atoms with Gasteiger partial charge < -0.3 is 11.1 Å². The lowest BCUT2D eigenvalue weighted by molar-refractivity contribution is -0.120. The Kier molecular flexibility index (Phi) is 7.30. The van der Waals surface area contributed by atoms with E-state index in [2.05, 4.69) is 18.8 Å². The maximum absolute atomic E-state index is 11.1. The summed E-state index contributed by atoms with van der Waals surface area (Å²) in [6, 6.07) is 0.132. The molecular weight excluding hydrogens is 164 g/mol. The van der Waals surface area contributed by atoms with Crippen molar-refractivity contribution in [2.75, 3.05) is 6.54 Å². The van der Waals surface area contributed by atoms with Crippen molar-refractivity contribution in [3.05, 3.63) is 12.7 Å². The number of rotatable bonds is 7. The van der Waals surface area contributed by atoms with Crippen LogP contribution in [0.25, 0.3) is 0 Å². The Morgan fingerprint density at radius 3 is 2.85 bits per heavy atom. The van der Waals surface area contributed by atoms with Gasteiger partial charge in [0, 0.05) is 19.0 Å². The van der Waals surface area contributed by atoms with Gasteiger partial charge in [0.05, 0.1) is 0 Å². The molecule has 0 aromatic carbocycles. The smallest absolute Gasteiger partial charge is 0.224 e. The molecule has 0 aliphatic carbocycles. The van der Waals surface area contributed by atoms with Gasteiger partial charge in [-0.1, -0.05) is 25.8 Å². The van der Waals surface area contributed by atoms with Gasteiger partial charge in [0.15, 0.2) is 0 Å². The average Bonchev–Trinajstić information content (AvgIpc) is 2.12. The molecule has 0 rings (SSSR count). The highest BCUT2D eigenvalue weighted by Gasteiger charge is 2.07. The van der Waals surface area contributed by atoms with Crippen molar-refractivity contribution in [2.24, 2.45) is 5.73 Å². The van der Waals surface area contributed by atoms with Crippen LogP contribution in [0, 0.1) is 0 Å². The predicted octanol–water partition coefficient (Wildman–Crippen LogP) is 1.20. The highest BCUT2D eigenvalue weighted by molar-refractivity contribution is 5.77. The van der Waals surface area contributed by atoms with Gasteiger partial charge in [0.25, 0.3) is 0 Å². The van der Waals surface area contributed by atoms with Crippen LogP contribution < -0.4 is 11.1 Å². The van der Waals surface area contributed by atoms with Crippen LogP contribution in [-0.2, 0) is 4.79 Å². The molecule has 0 heterocycles. The molecule has 1 amide bonds. The lowest BCUT2D eigenvalue weighted by Gasteiger charge is -2.15. The van der Waals surface area contributed by atoms with Crippen LogP contribution in [0.2, 0.25) is 0 Å². The molecule has 1 atom stereocenters. The Labute approximate surface area is 80.4 Å². The number of carbonyl (C=O) groups excluding carboxylic acids is 1. The number of amides is 1. The Bertz CT molecular complexity index is 157. The third-order valence-corrected chi connectivity index (χ3v) is 1.89. The van der Waals surface area contributed by atoms with Crippen molar-refractivity contribution in [3.63, 3.8) is 0 Å². The summed E-state index contributed by atoms with van der Waals surface area (Å²) in [4.78, 5) is 11.1. The highest BCUT2D eigenvalue weighted by atomic mass is 16.1. The van der Waals surface area contributed by atoms with E-state index < -0.39 is 0 Å². The van der Waals surface area contributed by atoms with Crippen LogP contribution in [0.4, 0.5) is 0 Å². The second-order valence-electron chi connectivity index (χ2n) is 3.14. The Balaban J connectivity index is 3.68. The SMILES string of the molecule is C=CCC(=O)NC(CN)CCCC. The topological polar surface area (TPSA) is 55.1 Å². The van der Waals surface area contributed by atoms with Crippen molar-refractivity contribution in [1.29, 1.82) is 0 Å². The van der Waals surface area contributed by atoms with Crippen molar-refractivity contribution in [1.82, 2.24) is 5.32 Å². The highest BCUT2D eigenvalue weighted by Crippen LogP contribution is 1.99. The van der Waals surface area contributed by atoms with Gasteiger partial charge in [0.1, 0.15) is 0 Å². The fourth-order valence-electron chi connectivity index (χ4n) is 1.12. The summed E-state index contributed by atoms with van der Waals surface area (Å²) in [5, 5.41) is 2.87. The minimum absolute atomic E-state index is 0.0153. The monoisotopic (exact) mass is 184 g/mol. The standard InChI is InChI=1S/C10H20N2O/c1-3-5-7-9(8-11)12-10(13)6-4-2/h4,9H,2-3,5-8,11H2,1H3,(H,12,13). The zero-order chi connectivity index (χ0) is 10.1. The van der Waals surface area contributed by atoms with Gasteiger partial charge in [-0.3, -0.25) is 4.79 Å². The molecule has 0 saturated heterocycles. The summed E-state index contributed by atoms with van der Waals surface area (Å²) in [6.45, 7) is 6.14. The predicted molar refractivity (Wildman–Crippen MR) is 55.3 cm³/mol. The second kappa shape index (κ2) is 7.80. The van der Waals surface area contributed by atoms with E-state index in [0.29, 0.717) is 13.0 Å². The van der Waals surface area contributed by atoms with Crippen LogP contribution >= 0.6 is 0 Å². The van der Waals surface area contributed by atoms with E-state index in [0.717, 1.165) is 19.3 Å². The summed E-state index contributed by atoms with van der Waals surface area (Å²) in [5.41, 5.74) is 5.52. The summed E-state index contributed by atoms with van der Waals surface area (Å²) < 4.78 is 0. The van der Waals surface area contributed by atoms with E-state index in [1.807, 2.05) is 0 Å². The number of nitrogens with two attached hydrogens (primary N) is 1. The third-order valence-electron chi connectivity index (χ3n) is 1.89. The van der Waals surface area contributed by atoms with Crippen LogP contribution in [0.1, 0.15) is 32.6 Å². The number of unbranched alkanes of at least 4 members (excludes halogenated alkanes) is 1. The minimum atomic E-state index is 0.0153. The van der Waals surface area contributed by atoms with E-state index in [1.165, 1.54) is 0 Å². The molecule has 3 heteroatoms. The van der Waals surface area contributed by atoms with E-state index in [1.54, 1.807) is 6.08 Å². The molecule has 0 aromatic rings. The lowest BCUT2D eigenvalue weighted by atomic mass is 10.1. The third kappa shape index (κ3) is 6.34. The molecule has 0 aliphatic heterocycles. The molecular formula is C10H20N2O. The minimum Gasteiger partial charge on any atom is -0.352 e. The van der Waals surface area contributed by atoms with Gasteiger partial charge in [-0.05, 0) is 6.42 Å². The number of nitrogens with one attached hydrogen (secondary N) is 1. The molecule has 0 aromatic heterocycles. The lowest BCUT2D eigenvalue weighted by Crippen LogP contribution is -2.39. The van der Waals surface area contributed by atoms with Gasteiger partial charge >= 0.3 is 0 Å². The first-order chi connectivity index (χ1) is 6.24. The quantitative estimate of drug-likeness (QED) is 0.584. The van der Waals surface area contributed by atoms with Crippen molar-refractivity contribution in [3.8, 4) is 0 Å². The average molecular weight is 184 g/mol. The summed E-state index contributed by atoms with van der Waals surface area (Å²) >= 11 is 0. The van der Waals surface area contributed by atoms with Crippen LogP contribution in [0.3, 0.4) is 0 Å². The van der Waals surface area contributed by atoms with E-state index in [-0.39, 0.29) is 11.9 Å². The Morgan fingerprint density at radius 1 is 1.69 bits per heavy atom. The summed E-state index contributed by atoms with van der Waals surface area (Å²) in [5.74, 6) is 0.0153. The van der Waals surface area contributed by atoms with Gasteiger partial charge in [-0.2, -0.15) is 0 Å². The molecule has 0 aliphatic rings. The molecule has 0 spiro atoms. The largest absolute Gasteiger partial charge is 0.352 e. The van der Waals surface area contributed by atoms with Crippen molar-refractivity contribution < 1.29 is 4.79 Å². The van der Waals surface area contributed by atoms with Crippen LogP contribution in [-0.4, -0.2) is 18.5 Å². The maximum Gasteiger partial charge on any atom is 0.224 e. The summed E-state index contributed by atoms with van der Waals surface area (Å²) in [7, 11) is 0. The molecule has 0 radical (unpaired) electrons. The number of carbonyl (C=O) groups is 1. The molecule has 0 saturated carbocycles. The van der Waals surface area contributed by atoms with Crippen molar-refractivity contribution in [2.45, 2.75) is 38.6 Å². The number of hydrogen-bond acceptors (Lipinski definition) is 2. The normalized spacial score (nSPS) is 12.2. The fraction of sp³-hybridized carbons (Fsp3) is 0.700. The van der Waals surface area contributed by atoms with E-state index in [9.17, 15) is 4.79 Å². The first-order valence-electron chi connectivity index (χ1n) is 4.84. The number of hydrogen-bond donors (Lipinski definition) is 2. The molecule has 0 bridgehead atoms. The first kappa shape index (κ1) is 12.2. The van der Waals surface area contributed by atoms with Crippen LogP contribution in [0.15, 0.2) is 12.7 Å². The zero-order valence-corrected chi connectivity index (χ0v) is 8.38. The fourth-order valence-corrected chi connectivity index (χ4v) is 1.12. The molecule has 3 N–H and O–H groups in total. The molecule has 13 heavy (non-hydrogen) atoms. The summed E-state index contributed by atoms with van der Waals surface area (Å²) in [6.07, 6.45) is 5.19. The van der Waals surface area contributed by atoms with Gasteiger partial charge in [-0.15, -0.1) is 6.58 Å². The second-order valence-corrected chi connectivity index (χ2v) is 3.14. The zero-order valence-electron chi connectivity index (χ0n) is 8.38. The van der Waals surface area contributed by atoms with E-state index >= 15 is 0 Å². The first-order valence-corrected chi connectivity index (χ1v) is 4.84. The van der Waals surface area contributed by atoms with Gasteiger partial charge in [0.2, 0.25) is 5.91 Å². The Morgan fingerprint density at radius 2 is 2.38 bits per heavy atom. The maximum atomic E-state index is 11.1. The molecule has 3 nitrogen and oxygen atoms in total. The molecule has 1 unspecified atom stereocenters. The van der Waals surface area contributed by atoms with Crippen LogP contribution in [0.5, 0.6) is 0 Å². The van der Waals surface area contributed by atoms with Gasteiger partial charge in [-0.25, -0.2) is 0 Å². The van der Waals surface area contributed by atoms with E-state index in [4.69, 9.17) is 5.73 Å².